The molecule has 0 bridgehead atoms. The number of nitrogens with two attached hydrogens (primary N) is 1. The van der Waals surface area contributed by atoms with E-state index >= 15 is 0 Å². The van der Waals surface area contributed by atoms with Crippen molar-refractivity contribution in [2.75, 3.05) is 37.4 Å². The molecule has 1 aromatic heterocycles. The van der Waals surface area contributed by atoms with Crippen LogP contribution in [0, 0.1) is 12.3 Å². The van der Waals surface area contributed by atoms with E-state index in [1.807, 2.05) is 61.5 Å². The second-order valence-electron chi connectivity index (χ2n) is 11.3. The fourth-order valence-corrected chi connectivity index (χ4v) is 6.20. The van der Waals surface area contributed by atoms with Gasteiger partial charge in [0.25, 0.3) is 5.91 Å². The lowest BCUT2D eigenvalue weighted by Crippen LogP contribution is -2.44. The molecule has 1 saturated carbocycles. The van der Waals surface area contributed by atoms with Gasteiger partial charge in [0.15, 0.2) is 0 Å². The molecule has 1 unspecified atom stereocenters. The zero-order valence-corrected chi connectivity index (χ0v) is 24.0. The normalized spacial score (nSPS) is 17.9. The van der Waals surface area contributed by atoms with Gasteiger partial charge in [0.05, 0.1) is 18.8 Å². The highest BCUT2D eigenvalue weighted by Crippen LogP contribution is 2.47. The fraction of sp³-hybridized carbons (Fsp3) is 0.438. The predicted molar refractivity (Wildman–Crippen MR) is 160 cm³/mol. The number of methoxy groups -OCH3 is 1. The standard InChI is InChI=1S/C32H40N6O3/c1-22-36-27(20-35-30(39)25-8-6-23(7-9-25)24-10-12-26(33)13-11-24)18-29(37-22)38-21-32(14-4-3-5-15-32)19-28(38)31(40)34-16-17-41-2/h6-13,18,28H,3-5,14-17,19-21,33H2,1-2H3,(H,34,40)(H,35,39). The Kier molecular flexibility index (Phi) is 8.83. The lowest BCUT2D eigenvalue weighted by Gasteiger charge is -2.33. The van der Waals surface area contributed by atoms with Crippen LogP contribution in [0.4, 0.5) is 11.5 Å². The zero-order chi connectivity index (χ0) is 28.8. The van der Waals surface area contributed by atoms with E-state index < -0.39 is 0 Å². The Morgan fingerprint density at radius 2 is 1.68 bits per heavy atom. The molecular weight excluding hydrogens is 516 g/mol. The summed E-state index contributed by atoms with van der Waals surface area (Å²) in [6.45, 7) is 3.87. The molecule has 41 heavy (non-hydrogen) atoms. The van der Waals surface area contributed by atoms with Crippen LogP contribution < -0.4 is 21.3 Å². The van der Waals surface area contributed by atoms with E-state index in [9.17, 15) is 9.59 Å². The molecule has 2 amide bonds. The molecule has 1 saturated heterocycles. The molecule has 4 N–H and O–H groups in total. The number of ether oxygens (including phenoxy) is 1. The number of amides is 2. The van der Waals surface area contributed by atoms with Crippen LogP contribution in [0.1, 0.15) is 60.4 Å². The van der Waals surface area contributed by atoms with Crippen molar-refractivity contribution in [1.82, 2.24) is 20.6 Å². The van der Waals surface area contributed by atoms with Gasteiger partial charge in [-0.3, -0.25) is 9.59 Å². The van der Waals surface area contributed by atoms with E-state index in [0.29, 0.717) is 35.9 Å². The number of nitrogen functional groups attached to an aromatic ring is 1. The van der Waals surface area contributed by atoms with Crippen molar-refractivity contribution in [1.29, 1.82) is 0 Å². The first-order valence-electron chi connectivity index (χ1n) is 14.5. The molecule has 216 valence electrons. The molecule has 3 aromatic rings. The van der Waals surface area contributed by atoms with Gasteiger partial charge in [-0.25, -0.2) is 9.97 Å². The topological polar surface area (TPSA) is 122 Å². The predicted octanol–water partition coefficient (Wildman–Crippen LogP) is 4.26. The molecule has 9 heteroatoms. The Balaban J connectivity index is 1.28. The quantitative estimate of drug-likeness (QED) is 0.266. The third-order valence-electron chi connectivity index (χ3n) is 8.32. The SMILES string of the molecule is COCCNC(=O)C1CC2(CCCCC2)CN1c1cc(CNC(=O)c2ccc(-c3ccc(N)cc3)cc2)nc(C)n1. The average molecular weight is 557 g/mol. The summed E-state index contributed by atoms with van der Waals surface area (Å²) >= 11 is 0. The van der Waals surface area contributed by atoms with Crippen molar-refractivity contribution >= 4 is 23.3 Å². The van der Waals surface area contributed by atoms with Crippen molar-refractivity contribution < 1.29 is 14.3 Å². The maximum absolute atomic E-state index is 13.3. The lowest BCUT2D eigenvalue weighted by atomic mass is 9.72. The van der Waals surface area contributed by atoms with Gasteiger partial charge < -0.3 is 26.0 Å². The summed E-state index contributed by atoms with van der Waals surface area (Å²) in [5.41, 5.74) is 9.97. The highest BCUT2D eigenvalue weighted by molar-refractivity contribution is 5.94. The van der Waals surface area contributed by atoms with E-state index in [-0.39, 0.29) is 29.8 Å². The average Bonchev–Trinajstić information content (AvgIpc) is 3.35. The summed E-state index contributed by atoms with van der Waals surface area (Å²) in [4.78, 5) is 37.7. The summed E-state index contributed by atoms with van der Waals surface area (Å²) in [5, 5.41) is 6.03. The maximum Gasteiger partial charge on any atom is 0.251 e. The minimum Gasteiger partial charge on any atom is -0.399 e. The van der Waals surface area contributed by atoms with Gasteiger partial charge >= 0.3 is 0 Å². The Morgan fingerprint density at radius 1 is 1.00 bits per heavy atom. The Morgan fingerprint density at radius 3 is 2.37 bits per heavy atom. The Bertz CT molecular complexity index is 1350. The van der Waals surface area contributed by atoms with E-state index in [4.69, 9.17) is 15.5 Å². The van der Waals surface area contributed by atoms with Gasteiger partial charge in [0.1, 0.15) is 17.7 Å². The van der Waals surface area contributed by atoms with Gasteiger partial charge in [-0.05, 0) is 67.0 Å². The number of benzene rings is 2. The molecule has 1 aliphatic carbocycles. The van der Waals surface area contributed by atoms with Crippen LogP contribution in [-0.2, 0) is 16.1 Å². The molecule has 1 aliphatic heterocycles. The van der Waals surface area contributed by atoms with E-state index in [1.54, 1.807) is 7.11 Å². The van der Waals surface area contributed by atoms with Gasteiger partial charge in [0.2, 0.25) is 5.91 Å². The van der Waals surface area contributed by atoms with Crippen LogP contribution in [0.2, 0.25) is 0 Å². The molecule has 1 spiro atoms. The molecule has 2 heterocycles. The number of carbonyl (C=O) groups is 2. The monoisotopic (exact) mass is 556 g/mol. The number of hydrogen-bond acceptors (Lipinski definition) is 7. The van der Waals surface area contributed by atoms with Crippen molar-refractivity contribution in [2.45, 2.75) is 58.0 Å². The minimum atomic E-state index is -0.290. The highest BCUT2D eigenvalue weighted by atomic mass is 16.5. The minimum absolute atomic E-state index is 0.0121. The van der Waals surface area contributed by atoms with E-state index in [2.05, 4.69) is 20.5 Å². The third kappa shape index (κ3) is 6.85. The van der Waals surface area contributed by atoms with Crippen molar-refractivity contribution in [3.05, 3.63) is 71.7 Å². The second-order valence-corrected chi connectivity index (χ2v) is 11.3. The fourth-order valence-electron chi connectivity index (χ4n) is 6.20. The first kappa shape index (κ1) is 28.5. The van der Waals surface area contributed by atoms with Crippen molar-refractivity contribution in [3.8, 4) is 11.1 Å². The number of rotatable bonds is 9. The summed E-state index contributed by atoms with van der Waals surface area (Å²) in [6.07, 6.45) is 6.75. The van der Waals surface area contributed by atoms with Gasteiger partial charge in [-0.1, -0.05) is 43.5 Å². The molecule has 5 rings (SSSR count). The van der Waals surface area contributed by atoms with Crippen molar-refractivity contribution in [3.63, 3.8) is 0 Å². The number of nitrogens with one attached hydrogen (secondary N) is 2. The van der Waals surface area contributed by atoms with E-state index in [0.717, 1.165) is 42.8 Å². The molecule has 2 fully saturated rings. The van der Waals surface area contributed by atoms with E-state index in [1.165, 1.54) is 19.3 Å². The smallest absolute Gasteiger partial charge is 0.251 e. The molecule has 1 atom stereocenters. The van der Waals surface area contributed by atoms with Crippen LogP contribution in [0.5, 0.6) is 0 Å². The van der Waals surface area contributed by atoms with Crippen LogP contribution in [0.3, 0.4) is 0 Å². The molecule has 2 aliphatic rings. The number of hydrogen-bond donors (Lipinski definition) is 3. The number of anilines is 2. The van der Waals surface area contributed by atoms with Crippen molar-refractivity contribution in [2.24, 2.45) is 5.41 Å². The molecular formula is C32H40N6O3. The summed E-state index contributed by atoms with van der Waals surface area (Å²) in [6, 6.07) is 16.8. The molecule has 9 nitrogen and oxygen atoms in total. The third-order valence-corrected chi connectivity index (χ3v) is 8.32. The van der Waals surface area contributed by atoms with Crippen LogP contribution in [-0.4, -0.2) is 54.6 Å². The Hall–Kier alpha value is -3.98. The zero-order valence-electron chi connectivity index (χ0n) is 24.0. The number of nitrogens with zero attached hydrogens (tertiary/aromatic N) is 3. The largest absolute Gasteiger partial charge is 0.399 e. The number of aryl methyl sites for hydroxylation is 1. The first-order chi connectivity index (χ1) is 19.9. The maximum atomic E-state index is 13.3. The summed E-state index contributed by atoms with van der Waals surface area (Å²) < 4.78 is 5.13. The number of carbonyl (C=O) groups excluding carboxylic acids is 2. The molecule has 0 radical (unpaired) electrons. The van der Waals surface area contributed by atoms with Crippen LogP contribution in [0.15, 0.2) is 54.6 Å². The molecule has 2 aromatic carbocycles. The van der Waals surface area contributed by atoms with Gasteiger partial charge in [-0.2, -0.15) is 0 Å². The van der Waals surface area contributed by atoms with Gasteiger partial charge in [0, 0.05) is 37.5 Å². The Labute approximate surface area is 241 Å². The first-order valence-corrected chi connectivity index (χ1v) is 14.5. The number of aromatic nitrogens is 2. The summed E-state index contributed by atoms with van der Waals surface area (Å²) in [5.74, 6) is 1.19. The van der Waals surface area contributed by atoms with Gasteiger partial charge in [-0.15, -0.1) is 0 Å². The summed E-state index contributed by atoms with van der Waals surface area (Å²) in [7, 11) is 1.63. The second kappa shape index (κ2) is 12.7. The van der Waals surface area contributed by atoms with Crippen LogP contribution in [0.25, 0.3) is 11.1 Å². The lowest BCUT2D eigenvalue weighted by molar-refractivity contribution is -0.122. The highest BCUT2D eigenvalue weighted by Gasteiger charge is 2.47. The van der Waals surface area contributed by atoms with Crippen LogP contribution >= 0.6 is 0 Å².